The van der Waals surface area contributed by atoms with Gasteiger partial charge < -0.3 is 4.18 Å². The van der Waals surface area contributed by atoms with E-state index in [1.807, 2.05) is 30.3 Å². The van der Waals surface area contributed by atoms with E-state index in [0.29, 0.717) is 6.42 Å². The van der Waals surface area contributed by atoms with E-state index in [2.05, 4.69) is 0 Å². The Hall–Kier alpha value is -1.88. The molecule has 0 amide bonds. The first-order chi connectivity index (χ1) is 9.05. The van der Waals surface area contributed by atoms with E-state index in [-0.39, 0.29) is 11.5 Å². The van der Waals surface area contributed by atoms with Crippen molar-refractivity contribution in [1.82, 2.24) is 0 Å². The van der Waals surface area contributed by atoms with E-state index in [1.165, 1.54) is 18.2 Å². The molecule has 0 aliphatic carbocycles. The van der Waals surface area contributed by atoms with Crippen LogP contribution in [0.25, 0.3) is 0 Å². The normalized spacial score (nSPS) is 11.2. The van der Waals surface area contributed by atoms with E-state index >= 15 is 0 Å². The van der Waals surface area contributed by atoms with E-state index in [4.69, 9.17) is 4.18 Å². The number of halogens is 1. The standard InChI is InChI=1S/C14H13FO3S/c15-13-7-4-8-14(11-13)18-19(16,17)10-9-12-5-2-1-3-6-12/h1-8,11H,9-10H2. The molecule has 0 heterocycles. The lowest BCUT2D eigenvalue weighted by Gasteiger charge is -2.07. The van der Waals surface area contributed by atoms with Crippen LogP contribution in [-0.2, 0) is 16.5 Å². The van der Waals surface area contributed by atoms with Gasteiger partial charge in [0.15, 0.2) is 0 Å². The van der Waals surface area contributed by atoms with E-state index < -0.39 is 15.9 Å². The van der Waals surface area contributed by atoms with Crippen LogP contribution in [0.2, 0.25) is 0 Å². The molecule has 3 nitrogen and oxygen atoms in total. The fourth-order valence-corrected chi connectivity index (χ4v) is 2.56. The molecule has 0 atom stereocenters. The highest BCUT2D eigenvalue weighted by molar-refractivity contribution is 7.87. The second-order valence-corrected chi connectivity index (χ2v) is 5.73. The fraction of sp³-hybridized carbons (Fsp3) is 0.143. The molecule has 2 rings (SSSR count). The summed E-state index contributed by atoms with van der Waals surface area (Å²) in [6.45, 7) is 0. The van der Waals surface area contributed by atoms with E-state index in [1.54, 1.807) is 0 Å². The average molecular weight is 280 g/mol. The first kappa shape index (κ1) is 13.5. The Morgan fingerprint density at radius 3 is 2.42 bits per heavy atom. The van der Waals surface area contributed by atoms with Crippen molar-refractivity contribution in [3.63, 3.8) is 0 Å². The third-order valence-electron chi connectivity index (χ3n) is 2.50. The predicted octanol–water partition coefficient (Wildman–Crippen LogP) is 2.78. The zero-order chi connectivity index (χ0) is 13.7. The zero-order valence-corrected chi connectivity index (χ0v) is 10.9. The van der Waals surface area contributed by atoms with Crippen molar-refractivity contribution in [2.45, 2.75) is 6.42 Å². The third kappa shape index (κ3) is 4.37. The molecule has 0 radical (unpaired) electrons. The van der Waals surface area contributed by atoms with Gasteiger partial charge >= 0.3 is 10.1 Å². The average Bonchev–Trinajstić information content (AvgIpc) is 2.37. The van der Waals surface area contributed by atoms with E-state index in [9.17, 15) is 12.8 Å². The van der Waals surface area contributed by atoms with Crippen molar-refractivity contribution in [1.29, 1.82) is 0 Å². The predicted molar refractivity (Wildman–Crippen MR) is 71.0 cm³/mol. The summed E-state index contributed by atoms with van der Waals surface area (Å²) >= 11 is 0. The van der Waals surface area contributed by atoms with Crippen LogP contribution >= 0.6 is 0 Å². The topological polar surface area (TPSA) is 43.4 Å². The number of benzene rings is 2. The van der Waals surface area contributed by atoms with Crippen LogP contribution in [0.4, 0.5) is 4.39 Å². The summed E-state index contributed by atoms with van der Waals surface area (Å²) in [5.74, 6) is -0.683. The highest BCUT2D eigenvalue weighted by Crippen LogP contribution is 2.15. The molecule has 2 aromatic rings. The molecule has 0 aromatic heterocycles. The van der Waals surface area contributed by atoms with Gasteiger partial charge in [0.2, 0.25) is 0 Å². The van der Waals surface area contributed by atoms with Gasteiger partial charge in [-0.25, -0.2) is 4.39 Å². The maximum absolute atomic E-state index is 12.9. The molecule has 0 unspecified atom stereocenters. The summed E-state index contributed by atoms with van der Waals surface area (Å²) in [5, 5.41) is 0. The summed E-state index contributed by atoms with van der Waals surface area (Å²) in [6, 6.07) is 14.3. The van der Waals surface area contributed by atoms with Crippen molar-refractivity contribution in [2.24, 2.45) is 0 Å². The molecule has 5 heteroatoms. The van der Waals surface area contributed by atoms with Crippen LogP contribution in [-0.4, -0.2) is 14.2 Å². The molecule has 0 aliphatic rings. The first-order valence-corrected chi connectivity index (χ1v) is 7.34. The van der Waals surface area contributed by atoms with Gasteiger partial charge in [-0.1, -0.05) is 36.4 Å². The summed E-state index contributed by atoms with van der Waals surface area (Å²) < 4.78 is 41.2. The Balaban J connectivity index is 1.99. The Labute approximate surface area is 111 Å². The van der Waals surface area contributed by atoms with Crippen LogP contribution in [0, 0.1) is 5.82 Å². The minimum atomic E-state index is -3.72. The Morgan fingerprint density at radius 1 is 1.00 bits per heavy atom. The lowest BCUT2D eigenvalue weighted by atomic mass is 10.2. The van der Waals surface area contributed by atoms with Gasteiger partial charge in [-0.05, 0) is 24.1 Å². The van der Waals surface area contributed by atoms with E-state index in [0.717, 1.165) is 11.6 Å². The number of hydrogen-bond acceptors (Lipinski definition) is 3. The molecule has 0 saturated heterocycles. The molecular formula is C14H13FO3S. The summed E-state index contributed by atoms with van der Waals surface area (Å²) in [4.78, 5) is 0. The number of hydrogen-bond donors (Lipinski definition) is 0. The quantitative estimate of drug-likeness (QED) is 0.791. The van der Waals surface area contributed by atoms with Gasteiger partial charge in [-0.15, -0.1) is 0 Å². The first-order valence-electron chi connectivity index (χ1n) is 5.77. The van der Waals surface area contributed by atoms with Gasteiger partial charge in [-0.2, -0.15) is 8.42 Å². The molecule has 0 N–H and O–H groups in total. The SMILES string of the molecule is O=S(=O)(CCc1ccccc1)Oc1cccc(F)c1. The Kier molecular flexibility index (Phi) is 4.16. The lowest BCUT2D eigenvalue weighted by molar-refractivity contribution is 0.483. The van der Waals surface area contributed by atoms with Crippen LogP contribution in [0.1, 0.15) is 5.56 Å². The molecule has 0 bridgehead atoms. The smallest absolute Gasteiger partial charge is 0.309 e. The van der Waals surface area contributed by atoms with Crippen molar-refractivity contribution < 1.29 is 17.0 Å². The van der Waals surface area contributed by atoms with Crippen molar-refractivity contribution >= 4 is 10.1 Å². The maximum Gasteiger partial charge on any atom is 0.309 e. The highest BCUT2D eigenvalue weighted by Gasteiger charge is 2.13. The molecular weight excluding hydrogens is 267 g/mol. The monoisotopic (exact) mass is 280 g/mol. The van der Waals surface area contributed by atoms with Crippen molar-refractivity contribution in [3.8, 4) is 5.75 Å². The van der Waals surface area contributed by atoms with Gasteiger partial charge in [0.1, 0.15) is 11.6 Å². The summed E-state index contributed by atoms with van der Waals surface area (Å²) in [7, 11) is -3.72. The van der Waals surface area contributed by atoms with Crippen molar-refractivity contribution in [3.05, 3.63) is 66.0 Å². The molecule has 0 saturated carbocycles. The molecule has 0 spiro atoms. The minimum absolute atomic E-state index is 0.00642. The van der Waals surface area contributed by atoms with Crippen LogP contribution in [0.15, 0.2) is 54.6 Å². The zero-order valence-electron chi connectivity index (χ0n) is 10.1. The van der Waals surface area contributed by atoms with Gasteiger partial charge in [-0.3, -0.25) is 0 Å². The summed E-state index contributed by atoms with van der Waals surface area (Å²) in [5.41, 5.74) is 0.911. The second kappa shape index (κ2) is 5.84. The lowest BCUT2D eigenvalue weighted by Crippen LogP contribution is -2.15. The van der Waals surface area contributed by atoms with Crippen molar-refractivity contribution in [2.75, 3.05) is 5.75 Å². The number of aryl methyl sites for hydroxylation is 1. The fourth-order valence-electron chi connectivity index (χ4n) is 1.59. The van der Waals surface area contributed by atoms with Gasteiger partial charge in [0.25, 0.3) is 0 Å². The molecule has 0 aliphatic heterocycles. The van der Waals surface area contributed by atoms with Crippen LogP contribution in [0.5, 0.6) is 5.75 Å². The molecule has 19 heavy (non-hydrogen) atoms. The van der Waals surface area contributed by atoms with Gasteiger partial charge in [0, 0.05) is 6.07 Å². The maximum atomic E-state index is 12.9. The number of rotatable bonds is 5. The molecule has 100 valence electrons. The van der Waals surface area contributed by atoms with Gasteiger partial charge in [0.05, 0.1) is 5.75 Å². The van der Waals surface area contributed by atoms with Crippen LogP contribution in [0.3, 0.4) is 0 Å². The molecule has 0 fully saturated rings. The Bertz CT molecular complexity index is 639. The largest absolute Gasteiger partial charge is 0.382 e. The third-order valence-corrected chi connectivity index (χ3v) is 3.65. The highest BCUT2D eigenvalue weighted by atomic mass is 32.2. The minimum Gasteiger partial charge on any atom is -0.382 e. The summed E-state index contributed by atoms with van der Waals surface area (Å²) in [6.07, 6.45) is 0.360. The van der Waals surface area contributed by atoms with Crippen LogP contribution < -0.4 is 4.18 Å². The molecule has 2 aromatic carbocycles. The Morgan fingerprint density at radius 2 is 1.74 bits per heavy atom. The second-order valence-electron chi connectivity index (χ2n) is 4.04.